The second-order valence-electron chi connectivity index (χ2n) is 10.5. The summed E-state index contributed by atoms with van der Waals surface area (Å²) in [5, 5.41) is 22.1. The molecule has 1 aromatic rings. The first kappa shape index (κ1) is 22.0. The fourth-order valence-electron chi connectivity index (χ4n) is 6.80. The summed E-state index contributed by atoms with van der Waals surface area (Å²) in [6.07, 6.45) is 1.33. The Bertz CT molecular complexity index is 1130. The van der Waals surface area contributed by atoms with E-state index in [2.05, 4.69) is 4.90 Å². The van der Waals surface area contributed by atoms with E-state index in [4.69, 9.17) is 18.9 Å². The number of ether oxygens (including phenoxy) is 4. The lowest BCUT2D eigenvalue weighted by Gasteiger charge is -2.61. The molecule has 0 saturated carbocycles. The summed E-state index contributed by atoms with van der Waals surface area (Å²) in [4.78, 5) is 27.1. The van der Waals surface area contributed by atoms with Gasteiger partial charge in [0.25, 0.3) is 0 Å². The number of hydrogen-bond donors (Lipinski definition) is 2. The summed E-state index contributed by atoms with van der Waals surface area (Å²) in [7, 11) is 2.02. The van der Waals surface area contributed by atoms with Crippen molar-refractivity contribution in [2.45, 2.75) is 81.2 Å². The number of aliphatic hydroxyl groups excluding tert-OH is 1. The number of rotatable bonds is 4. The summed E-state index contributed by atoms with van der Waals surface area (Å²) in [5.74, 6) is -1.40. The zero-order valence-corrected chi connectivity index (χ0v) is 19.5. The normalized spacial score (nSPS) is 36.9. The number of esters is 2. The van der Waals surface area contributed by atoms with E-state index in [0.717, 1.165) is 17.7 Å². The number of piperidine rings is 1. The second-order valence-corrected chi connectivity index (χ2v) is 10.5. The molecule has 182 valence electrons. The van der Waals surface area contributed by atoms with Gasteiger partial charge in [-0.05, 0) is 38.1 Å². The monoisotopic (exact) mass is 471 g/mol. The Kier molecular flexibility index (Phi) is 4.56. The average Bonchev–Trinajstić information content (AvgIpc) is 3.25. The fourth-order valence-corrected chi connectivity index (χ4v) is 6.80. The molecule has 2 aliphatic carbocycles. The van der Waals surface area contributed by atoms with Gasteiger partial charge in [-0.2, -0.15) is 0 Å². The molecule has 3 heterocycles. The molecule has 0 amide bonds. The predicted molar refractivity (Wildman–Crippen MR) is 117 cm³/mol. The maximum absolute atomic E-state index is 12.9. The van der Waals surface area contributed by atoms with E-state index in [1.165, 1.54) is 0 Å². The molecule has 2 N–H and O–H groups in total. The van der Waals surface area contributed by atoms with E-state index in [-0.39, 0.29) is 19.1 Å². The molecule has 2 saturated heterocycles. The lowest BCUT2D eigenvalue weighted by molar-refractivity contribution is -0.171. The van der Waals surface area contributed by atoms with Crippen molar-refractivity contribution < 1.29 is 38.7 Å². The molecule has 2 fully saturated rings. The van der Waals surface area contributed by atoms with E-state index < -0.39 is 40.9 Å². The average molecular weight is 472 g/mol. The van der Waals surface area contributed by atoms with E-state index in [9.17, 15) is 19.8 Å². The standard InChI is InChI=1S/C25H29NO8/c1-23(2)33-16(22(29)34-23)11-18(28)31-15-6-7-25(30)17-10-13-4-5-14(12-27)20-19(13)24(25,21(15)32-20)8-9-26(17)3/h4-6,16-17,21,27,30H,7-12H2,1-3H3/t16-,17+,21-,24-,25+/m0/s1. The van der Waals surface area contributed by atoms with Crippen LogP contribution >= 0.6 is 0 Å². The van der Waals surface area contributed by atoms with Crippen LogP contribution < -0.4 is 4.74 Å². The lowest BCUT2D eigenvalue weighted by Crippen LogP contribution is -2.74. The van der Waals surface area contributed by atoms with E-state index in [0.29, 0.717) is 36.3 Å². The second kappa shape index (κ2) is 7.04. The van der Waals surface area contributed by atoms with Crippen molar-refractivity contribution in [3.63, 3.8) is 0 Å². The summed E-state index contributed by atoms with van der Waals surface area (Å²) in [5.41, 5.74) is 0.787. The smallest absolute Gasteiger partial charge is 0.338 e. The number of nitrogens with zero attached hydrogens (tertiary/aromatic N) is 1. The Morgan fingerprint density at radius 2 is 2.12 bits per heavy atom. The molecule has 5 atom stereocenters. The number of cyclic esters (lactones) is 1. The van der Waals surface area contributed by atoms with Crippen LogP contribution in [-0.4, -0.2) is 70.3 Å². The highest BCUT2D eigenvalue weighted by Gasteiger charge is 2.71. The van der Waals surface area contributed by atoms with Crippen LogP contribution in [0.3, 0.4) is 0 Å². The van der Waals surface area contributed by atoms with Crippen LogP contribution in [0.15, 0.2) is 24.0 Å². The lowest BCUT2D eigenvalue weighted by atomic mass is 9.50. The first-order chi connectivity index (χ1) is 16.1. The number of carbonyl (C=O) groups excluding carboxylic acids is 2. The van der Waals surface area contributed by atoms with Gasteiger partial charge in [-0.15, -0.1) is 0 Å². The van der Waals surface area contributed by atoms with Gasteiger partial charge in [0.1, 0.15) is 11.5 Å². The first-order valence-electron chi connectivity index (χ1n) is 11.8. The Morgan fingerprint density at radius 3 is 2.82 bits per heavy atom. The SMILES string of the molecule is CN1CC[C@]23c4c5ccc(CO)c4O[C@H]2C(OC(=O)C[C@@H]2OC(C)(C)OC2=O)=CC[C@@]3(O)[C@H]1C5. The molecular weight excluding hydrogens is 442 g/mol. The molecule has 1 spiro atoms. The third-order valence-electron chi connectivity index (χ3n) is 8.25. The zero-order valence-electron chi connectivity index (χ0n) is 19.5. The molecule has 34 heavy (non-hydrogen) atoms. The molecule has 0 radical (unpaired) electrons. The topological polar surface area (TPSA) is 115 Å². The Labute approximate surface area is 197 Å². The van der Waals surface area contributed by atoms with Crippen LogP contribution in [0.25, 0.3) is 0 Å². The van der Waals surface area contributed by atoms with Gasteiger partial charge >= 0.3 is 11.9 Å². The van der Waals surface area contributed by atoms with E-state index in [1.807, 2.05) is 19.2 Å². The Hall–Kier alpha value is -2.46. The molecule has 1 aromatic carbocycles. The van der Waals surface area contributed by atoms with Gasteiger partial charge in [0.05, 0.1) is 24.0 Å². The molecule has 3 aliphatic heterocycles. The number of carbonyl (C=O) groups is 2. The van der Waals surface area contributed by atoms with Gasteiger partial charge in [0, 0.05) is 37.4 Å². The van der Waals surface area contributed by atoms with Crippen LogP contribution in [0.5, 0.6) is 5.75 Å². The predicted octanol–water partition coefficient (Wildman–Crippen LogP) is 1.07. The maximum Gasteiger partial charge on any atom is 0.338 e. The molecule has 9 heteroatoms. The largest absolute Gasteiger partial charge is 0.481 e. The third kappa shape index (κ3) is 2.75. The van der Waals surface area contributed by atoms with Crippen molar-refractivity contribution in [2.75, 3.05) is 13.6 Å². The molecule has 0 aromatic heterocycles. The molecular formula is C25H29NO8. The quantitative estimate of drug-likeness (QED) is 0.622. The Morgan fingerprint density at radius 1 is 1.32 bits per heavy atom. The summed E-state index contributed by atoms with van der Waals surface area (Å²) >= 11 is 0. The zero-order chi connectivity index (χ0) is 24.0. The van der Waals surface area contributed by atoms with Gasteiger partial charge in [-0.3, -0.25) is 4.79 Å². The highest BCUT2D eigenvalue weighted by molar-refractivity contribution is 5.83. The van der Waals surface area contributed by atoms with Crippen LogP contribution in [0.1, 0.15) is 49.8 Å². The minimum atomic E-state index is -1.10. The van der Waals surface area contributed by atoms with Crippen molar-refractivity contribution in [1.29, 1.82) is 0 Å². The van der Waals surface area contributed by atoms with Crippen LogP contribution in [0.4, 0.5) is 0 Å². The maximum atomic E-state index is 12.9. The van der Waals surface area contributed by atoms with E-state index in [1.54, 1.807) is 19.9 Å². The van der Waals surface area contributed by atoms with Gasteiger partial charge in [-0.1, -0.05) is 12.1 Å². The van der Waals surface area contributed by atoms with Gasteiger partial charge in [0.15, 0.2) is 12.2 Å². The highest BCUT2D eigenvalue weighted by atomic mass is 16.8. The summed E-state index contributed by atoms with van der Waals surface area (Å²) < 4.78 is 22.9. The summed E-state index contributed by atoms with van der Waals surface area (Å²) in [6.45, 7) is 3.79. The number of likely N-dealkylation sites (tertiary alicyclic amines) is 1. The first-order valence-corrected chi connectivity index (χ1v) is 11.8. The molecule has 2 bridgehead atoms. The van der Waals surface area contributed by atoms with Crippen LogP contribution in [-0.2, 0) is 42.2 Å². The molecule has 6 rings (SSSR count). The van der Waals surface area contributed by atoms with Gasteiger partial charge in [-0.25, -0.2) is 4.79 Å². The van der Waals surface area contributed by atoms with Crippen molar-refractivity contribution in [1.82, 2.24) is 4.90 Å². The molecule has 5 aliphatic rings. The highest BCUT2D eigenvalue weighted by Crippen LogP contribution is 2.64. The number of benzene rings is 1. The van der Waals surface area contributed by atoms with Crippen LogP contribution in [0, 0.1) is 0 Å². The van der Waals surface area contributed by atoms with Gasteiger partial charge in [0.2, 0.25) is 5.79 Å². The number of aliphatic hydroxyl groups is 2. The van der Waals surface area contributed by atoms with Gasteiger partial charge < -0.3 is 34.1 Å². The number of likely N-dealkylation sites (N-methyl/N-ethyl adjacent to an activating group) is 1. The third-order valence-corrected chi connectivity index (χ3v) is 8.25. The minimum absolute atomic E-state index is 0.108. The minimum Gasteiger partial charge on any atom is -0.481 e. The van der Waals surface area contributed by atoms with Crippen molar-refractivity contribution in [2.24, 2.45) is 0 Å². The van der Waals surface area contributed by atoms with Crippen molar-refractivity contribution in [3.05, 3.63) is 40.7 Å². The summed E-state index contributed by atoms with van der Waals surface area (Å²) in [6, 6.07) is 3.77. The number of hydrogen-bond acceptors (Lipinski definition) is 9. The van der Waals surface area contributed by atoms with Crippen molar-refractivity contribution in [3.8, 4) is 5.75 Å². The van der Waals surface area contributed by atoms with Crippen molar-refractivity contribution >= 4 is 11.9 Å². The van der Waals surface area contributed by atoms with E-state index >= 15 is 0 Å². The van der Waals surface area contributed by atoms with Crippen LogP contribution in [0.2, 0.25) is 0 Å². The molecule has 0 unspecified atom stereocenters. The Balaban J connectivity index is 1.36. The molecule has 9 nitrogen and oxygen atoms in total. The fraction of sp³-hybridized carbons (Fsp3) is 0.600.